The minimum atomic E-state index is -1.08. The molecule has 6 nitrogen and oxygen atoms in total. The van der Waals surface area contributed by atoms with Gasteiger partial charge in [-0.3, -0.25) is 9.59 Å². The summed E-state index contributed by atoms with van der Waals surface area (Å²) in [7, 11) is 0. The first kappa shape index (κ1) is 9.24. The fraction of sp³-hybridized carbons (Fsp3) is 0.286. The lowest BCUT2D eigenvalue weighted by molar-refractivity contribution is -0.138. The number of amides is 1. The third-order valence-electron chi connectivity index (χ3n) is 1.46. The second-order valence-electron chi connectivity index (χ2n) is 2.50. The van der Waals surface area contributed by atoms with Gasteiger partial charge in [0, 0.05) is 0 Å². The molecule has 6 heteroatoms. The maximum absolute atomic E-state index is 11.2. The number of nitrogens with zero attached hydrogens (tertiary/aromatic N) is 1. The number of H-pyrrole nitrogens is 1. The highest BCUT2D eigenvalue weighted by molar-refractivity contribution is 5.94. The van der Waals surface area contributed by atoms with Crippen LogP contribution in [-0.4, -0.2) is 33.0 Å². The van der Waals surface area contributed by atoms with Crippen LogP contribution in [-0.2, 0) is 4.79 Å². The molecule has 1 atom stereocenters. The zero-order chi connectivity index (χ0) is 9.84. The van der Waals surface area contributed by atoms with Crippen LogP contribution in [0.2, 0.25) is 0 Å². The van der Waals surface area contributed by atoms with Gasteiger partial charge >= 0.3 is 5.97 Å². The Morgan fingerprint density at radius 2 is 2.38 bits per heavy atom. The molecular weight excluding hydrogens is 174 g/mol. The van der Waals surface area contributed by atoms with E-state index >= 15 is 0 Å². The van der Waals surface area contributed by atoms with Crippen molar-refractivity contribution in [1.82, 2.24) is 15.3 Å². The summed E-state index contributed by atoms with van der Waals surface area (Å²) >= 11 is 0. The Balaban J connectivity index is 2.56. The quantitative estimate of drug-likeness (QED) is 0.594. The van der Waals surface area contributed by atoms with Crippen LogP contribution >= 0.6 is 0 Å². The summed E-state index contributed by atoms with van der Waals surface area (Å²) in [5.74, 6) is -1.56. The first-order chi connectivity index (χ1) is 6.11. The van der Waals surface area contributed by atoms with E-state index in [9.17, 15) is 9.59 Å². The SMILES string of the molecule is C[C@@H](NC(=O)c1cnc[nH]1)C(=O)O. The summed E-state index contributed by atoms with van der Waals surface area (Å²) < 4.78 is 0. The lowest BCUT2D eigenvalue weighted by Gasteiger charge is -2.06. The number of aromatic nitrogens is 2. The van der Waals surface area contributed by atoms with Crippen molar-refractivity contribution in [3.63, 3.8) is 0 Å². The lowest BCUT2D eigenvalue weighted by atomic mass is 10.3. The van der Waals surface area contributed by atoms with Crippen molar-refractivity contribution in [1.29, 1.82) is 0 Å². The molecule has 0 aliphatic rings. The standard InChI is InChI=1S/C7H9N3O3/c1-4(7(12)13)10-6(11)5-2-8-3-9-5/h2-4H,1H3,(H,8,9)(H,10,11)(H,12,13)/t4-/m1/s1. The van der Waals surface area contributed by atoms with Gasteiger partial charge in [-0.25, -0.2) is 4.98 Å². The first-order valence-corrected chi connectivity index (χ1v) is 3.63. The van der Waals surface area contributed by atoms with Crippen molar-refractivity contribution >= 4 is 11.9 Å². The monoisotopic (exact) mass is 183 g/mol. The molecule has 1 heterocycles. The molecule has 0 aromatic carbocycles. The molecule has 70 valence electrons. The first-order valence-electron chi connectivity index (χ1n) is 3.63. The van der Waals surface area contributed by atoms with E-state index in [0.29, 0.717) is 0 Å². The van der Waals surface area contributed by atoms with Gasteiger partial charge in [0.05, 0.1) is 12.5 Å². The minimum absolute atomic E-state index is 0.244. The summed E-state index contributed by atoms with van der Waals surface area (Å²) in [6.45, 7) is 1.39. The highest BCUT2D eigenvalue weighted by Crippen LogP contribution is 1.92. The van der Waals surface area contributed by atoms with Crippen molar-refractivity contribution in [2.75, 3.05) is 0 Å². The molecule has 0 aliphatic carbocycles. The second-order valence-corrected chi connectivity index (χ2v) is 2.50. The van der Waals surface area contributed by atoms with E-state index in [1.807, 2.05) is 0 Å². The second kappa shape index (κ2) is 3.70. The normalized spacial score (nSPS) is 12.1. The van der Waals surface area contributed by atoms with Crippen LogP contribution in [0.4, 0.5) is 0 Å². The molecule has 1 aromatic rings. The summed E-state index contributed by atoms with van der Waals surface area (Å²) in [5.41, 5.74) is 0.244. The largest absolute Gasteiger partial charge is 0.480 e. The molecule has 0 radical (unpaired) electrons. The Labute approximate surface area is 74.0 Å². The van der Waals surface area contributed by atoms with Crippen molar-refractivity contribution in [3.05, 3.63) is 18.2 Å². The number of carbonyl (C=O) groups excluding carboxylic acids is 1. The number of hydrogen-bond acceptors (Lipinski definition) is 3. The van der Waals surface area contributed by atoms with Crippen LogP contribution in [0.5, 0.6) is 0 Å². The fourth-order valence-corrected chi connectivity index (χ4v) is 0.716. The van der Waals surface area contributed by atoms with Crippen LogP contribution < -0.4 is 5.32 Å². The Morgan fingerprint density at radius 3 is 2.85 bits per heavy atom. The zero-order valence-corrected chi connectivity index (χ0v) is 6.94. The third-order valence-corrected chi connectivity index (χ3v) is 1.46. The van der Waals surface area contributed by atoms with Crippen molar-refractivity contribution in [2.45, 2.75) is 13.0 Å². The van der Waals surface area contributed by atoms with Gasteiger partial charge in [0.1, 0.15) is 11.7 Å². The summed E-state index contributed by atoms with van der Waals surface area (Å²) in [5, 5.41) is 10.8. The highest BCUT2D eigenvalue weighted by atomic mass is 16.4. The summed E-state index contributed by atoms with van der Waals surface area (Å²) in [4.78, 5) is 27.7. The van der Waals surface area contributed by atoms with Gasteiger partial charge in [-0.2, -0.15) is 0 Å². The van der Waals surface area contributed by atoms with Gasteiger partial charge in [0.15, 0.2) is 0 Å². The van der Waals surface area contributed by atoms with E-state index < -0.39 is 17.9 Å². The predicted molar refractivity (Wildman–Crippen MR) is 43.2 cm³/mol. The highest BCUT2D eigenvalue weighted by Gasteiger charge is 2.15. The topological polar surface area (TPSA) is 95.1 Å². The van der Waals surface area contributed by atoms with Crippen LogP contribution in [0.1, 0.15) is 17.4 Å². The van der Waals surface area contributed by atoms with E-state index in [-0.39, 0.29) is 5.69 Å². The summed E-state index contributed by atoms with van der Waals surface area (Å²) in [6, 6.07) is -0.907. The van der Waals surface area contributed by atoms with Gasteiger partial charge in [-0.15, -0.1) is 0 Å². The van der Waals surface area contributed by atoms with Crippen LogP contribution in [0.3, 0.4) is 0 Å². The molecule has 0 unspecified atom stereocenters. The molecule has 1 amide bonds. The smallest absolute Gasteiger partial charge is 0.325 e. The lowest BCUT2D eigenvalue weighted by Crippen LogP contribution is -2.38. The van der Waals surface area contributed by atoms with Crippen LogP contribution in [0, 0.1) is 0 Å². The number of carboxylic acid groups (broad SMARTS) is 1. The van der Waals surface area contributed by atoms with Gasteiger partial charge in [-0.1, -0.05) is 0 Å². The average molecular weight is 183 g/mol. The molecule has 0 saturated heterocycles. The van der Waals surface area contributed by atoms with E-state index in [1.165, 1.54) is 19.4 Å². The molecule has 0 bridgehead atoms. The van der Waals surface area contributed by atoms with Gasteiger partial charge in [0.2, 0.25) is 0 Å². The van der Waals surface area contributed by atoms with Crippen molar-refractivity contribution in [3.8, 4) is 0 Å². The number of nitrogens with one attached hydrogen (secondary N) is 2. The van der Waals surface area contributed by atoms with Gasteiger partial charge in [0.25, 0.3) is 5.91 Å². The van der Waals surface area contributed by atoms with Crippen molar-refractivity contribution in [2.24, 2.45) is 0 Å². The molecule has 0 aliphatic heterocycles. The van der Waals surface area contributed by atoms with E-state index in [4.69, 9.17) is 5.11 Å². The number of carbonyl (C=O) groups is 2. The molecule has 1 rings (SSSR count). The van der Waals surface area contributed by atoms with Gasteiger partial charge < -0.3 is 15.4 Å². The van der Waals surface area contributed by atoms with Crippen molar-refractivity contribution < 1.29 is 14.7 Å². The predicted octanol–water partition coefficient (Wildman–Crippen LogP) is -0.387. The molecule has 1 aromatic heterocycles. The van der Waals surface area contributed by atoms with Gasteiger partial charge in [-0.05, 0) is 6.92 Å². The number of hydrogen-bond donors (Lipinski definition) is 3. The Bertz CT molecular complexity index is 307. The molecule has 0 spiro atoms. The Kier molecular flexibility index (Phi) is 2.63. The molecule has 0 saturated carbocycles. The molecular formula is C7H9N3O3. The maximum atomic E-state index is 11.2. The number of rotatable bonds is 3. The summed E-state index contributed by atoms with van der Waals surface area (Å²) in [6.07, 6.45) is 2.67. The molecule has 13 heavy (non-hydrogen) atoms. The fourth-order valence-electron chi connectivity index (χ4n) is 0.716. The third kappa shape index (κ3) is 2.29. The number of carboxylic acids is 1. The Hall–Kier alpha value is -1.85. The molecule has 3 N–H and O–H groups in total. The number of imidazole rings is 1. The van der Waals surface area contributed by atoms with E-state index in [1.54, 1.807) is 0 Å². The molecule has 0 fully saturated rings. The Morgan fingerprint density at radius 1 is 1.69 bits per heavy atom. The maximum Gasteiger partial charge on any atom is 0.325 e. The van der Waals surface area contributed by atoms with E-state index in [2.05, 4.69) is 15.3 Å². The number of aliphatic carboxylic acids is 1. The van der Waals surface area contributed by atoms with Crippen LogP contribution in [0.25, 0.3) is 0 Å². The zero-order valence-electron chi connectivity index (χ0n) is 6.94. The average Bonchev–Trinajstić information content (AvgIpc) is 2.55. The van der Waals surface area contributed by atoms with E-state index in [0.717, 1.165) is 0 Å². The minimum Gasteiger partial charge on any atom is -0.480 e. The van der Waals surface area contributed by atoms with Crippen LogP contribution in [0.15, 0.2) is 12.5 Å². The number of aromatic amines is 1.